The van der Waals surface area contributed by atoms with Crippen molar-refractivity contribution in [2.45, 2.75) is 57.7 Å². The van der Waals surface area contributed by atoms with Crippen molar-refractivity contribution < 1.29 is 9.47 Å². The minimum Gasteiger partial charge on any atom is -0.496 e. The van der Waals surface area contributed by atoms with E-state index in [2.05, 4.69) is 44.5 Å². The first kappa shape index (κ1) is 21.0. The van der Waals surface area contributed by atoms with Gasteiger partial charge < -0.3 is 9.47 Å². The molecule has 0 unspecified atom stereocenters. The van der Waals surface area contributed by atoms with Crippen LogP contribution in [-0.4, -0.2) is 27.9 Å². The van der Waals surface area contributed by atoms with Gasteiger partial charge in [0.05, 0.1) is 29.6 Å². The highest BCUT2D eigenvalue weighted by Gasteiger charge is 2.41. The van der Waals surface area contributed by atoms with Crippen LogP contribution in [0.25, 0.3) is 17.1 Å². The van der Waals surface area contributed by atoms with Crippen LogP contribution in [0.2, 0.25) is 5.02 Å². The van der Waals surface area contributed by atoms with Crippen LogP contribution in [-0.2, 0) is 4.74 Å². The second-order valence-electron chi connectivity index (χ2n) is 9.26. The molecule has 4 nitrogen and oxygen atoms in total. The van der Waals surface area contributed by atoms with Crippen molar-refractivity contribution in [3.8, 4) is 22.8 Å². The Morgan fingerprint density at radius 1 is 1.00 bits per heavy atom. The maximum Gasteiger partial charge on any atom is 0.148 e. The average molecular weight is 425 g/mol. The summed E-state index contributed by atoms with van der Waals surface area (Å²) in [6.45, 7) is 8.66. The molecule has 0 spiro atoms. The van der Waals surface area contributed by atoms with E-state index in [4.69, 9.17) is 26.1 Å². The summed E-state index contributed by atoms with van der Waals surface area (Å²) >= 11 is 6.13. The molecule has 1 aliphatic heterocycles. The van der Waals surface area contributed by atoms with E-state index in [1.807, 2.05) is 42.5 Å². The Bertz CT molecular complexity index is 1020. The highest BCUT2D eigenvalue weighted by atomic mass is 35.5. The lowest BCUT2D eigenvalue weighted by Gasteiger charge is -2.45. The number of benzene rings is 2. The molecule has 1 saturated heterocycles. The van der Waals surface area contributed by atoms with E-state index in [9.17, 15) is 0 Å². The number of methoxy groups -OCH3 is 1. The zero-order valence-electron chi connectivity index (χ0n) is 18.3. The molecule has 158 valence electrons. The summed E-state index contributed by atoms with van der Waals surface area (Å²) in [7, 11) is 1.69. The molecule has 0 aliphatic carbocycles. The lowest BCUT2D eigenvalue weighted by Crippen LogP contribution is -2.44. The van der Waals surface area contributed by atoms with Gasteiger partial charge in [-0.1, -0.05) is 23.7 Å². The largest absolute Gasteiger partial charge is 0.496 e. The number of rotatable bonds is 4. The van der Waals surface area contributed by atoms with Crippen LogP contribution < -0.4 is 4.74 Å². The quantitative estimate of drug-likeness (QED) is 0.470. The second-order valence-corrected chi connectivity index (χ2v) is 9.70. The van der Waals surface area contributed by atoms with Gasteiger partial charge in [-0.15, -0.1) is 0 Å². The first-order valence-electron chi connectivity index (χ1n) is 10.4. The van der Waals surface area contributed by atoms with Gasteiger partial charge in [-0.25, -0.2) is 4.98 Å². The highest BCUT2D eigenvalue weighted by molar-refractivity contribution is 6.30. The van der Waals surface area contributed by atoms with Gasteiger partial charge in [0.15, 0.2) is 0 Å². The summed E-state index contributed by atoms with van der Waals surface area (Å²) in [5, 5.41) is 0.714. The third-order valence-corrected chi connectivity index (χ3v) is 5.88. The molecule has 4 rings (SSSR count). The summed E-state index contributed by atoms with van der Waals surface area (Å²) < 4.78 is 14.1. The predicted octanol–water partition coefficient (Wildman–Crippen LogP) is 6.65. The van der Waals surface area contributed by atoms with Crippen LogP contribution in [0.1, 0.15) is 52.1 Å². The van der Waals surface area contributed by atoms with Gasteiger partial charge in [0.25, 0.3) is 0 Å². The fraction of sp³-hybridized carbons (Fsp3) is 0.400. The van der Waals surface area contributed by atoms with Crippen LogP contribution in [0.4, 0.5) is 0 Å². The van der Waals surface area contributed by atoms with Crippen molar-refractivity contribution in [2.24, 2.45) is 0 Å². The lowest BCUT2D eigenvalue weighted by atomic mass is 9.79. The number of aromatic nitrogens is 2. The number of imidazole rings is 1. The number of hydrogen-bond acceptors (Lipinski definition) is 3. The van der Waals surface area contributed by atoms with Gasteiger partial charge in [-0.3, -0.25) is 4.57 Å². The highest BCUT2D eigenvalue weighted by Crippen LogP contribution is 2.44. The fourth-order valence-electron chi connectivity index (χ4n) is 4.71. The molecule has 0 N–H and O–H groups in total. The number of halogens is 1. The van der Waals surface area contributed by atoms with Crippen LogP contribution >= 0.6 is 11.6 Å². The monoisotopic (exact) mass is 424 g/mol. The first-order valence-corrected chi connectivity index (χ1v) is 10.7. The van der Waals surface area contributed by atoms with E-state index in [1.54, 1.807) is 7.11 Å². The van der Waals surface area contributed by atoms with E-state index < -0.39 is 0 Å². The van der Waals surface area contributed by atoms with Gasteiger partial charge in [0.1, 0.15) is 11.6 Å². The van der Waals surface area contributed by atoms with E-state index in [0.29, 0.717) is 10.9 Å². The van der Waals surface area contributed by atoms with E-state index in [-0.39, 0.29) is 11.2 Å². The van der Waals surface area contributed by atoms with E-state index in [0.717, 1.165) is 41.4 Å². The zero-order valence-corrected chi connectivity index (χ0v) is 19.0. The molecule has 30 heavy (non-hydrogen) atoms. The third kappa shape index (κ3) is 4.26. The second kappa shape index (κ2) is 7.75. The smallest absolute Gasteiger partial charge is 0.148 e. The fourth-order valence-corrected chi connectivity index (χ4v) is 4.84. The molecule has 0 atom stereocenters. The van der Waals surface area contributed by atoms with E-state index in [1.165, 1.54) is 0 Å². The maximum atomic E-state index is 6.30. The van der Waals surface area contributed by atoms with Crippen molar-refractivity contribution in [3.05, 3.63) is 65.4 Å². The van der Waals surface area contributed by atoms with Crippen LogP contribution in [0, 0.1) is 0 Å². The Balaban J connectivity index is 1.85. The molecule has 5 heteroatoms. The number of hydrogen-bond donors (Lipinski definition) is 0. The Labute approximate surface area is 183 Å². The van der Waals surface area contributed by atoms with Crippen molar-refractivity contribution >= 4 is 11.6 Å². The molecule has 3 aromatic rings. The summed E-state index contributed by atoms with van der Waals surface area (Å²) in [5.74, 6) is 1.98. The average Bonchev–Trinajstić information content (AvgIpc) is 3.11. The molecule has 1 aromatic heterocycles. The molecule has 0 saturated carbocycles. The third-order valence-electron chi connectivity index (χ3n) is 5.62. The lowest BCUT2D eigenvalue weighted by molar-refractivity contribution is -0.162. The van der Waals surface area contributed by atoms with Gasteiger partial charge in [-0.2, -0.15) is 0 Å². The van der Waals surface area contributed by atoms with Crippen molar-refractivity contribution in [2.75, 3.05) is 7.11 Å². The molecule has 2 aromatic carbocycles. The van der Waals surface area contributed by atoms with E-state index >= 15 is 0 Å². The van der Waals surface area contributed by atoms with Gasteiger partial charge in [0, 0.05) is 22.8 Å². The molecule has 2 heterocycles. The minimum absolute atomic E-state index is 0.193. The van der Waals surface area contributed by atoms with Crippen molar-refractivity contribution in [1.29, 1.82) is 0 Å². The molecule has 0 bridgehead atoms. The van der Waals surface area contributed by atoms with Crippen molar-refractivity contribution in [3.63, 3.8) is 0 Å². The summed E-state index contributed by atoms with van der Waals surface area (Å²) in [5.41, 5.74) is 2.68. The van der Waals surface area contributed by atoms with Crippen LogP contribution in [0.3, 0.4) is 0 Å². The van der Waals surface area contributed by atoms with Crippen LogP contribution in [0.15, 0.2) is 54.7 Å². The number of nitrogens with zero attached hydrogens (tertiary/aromatic N) is 2. The van der Waals surface area contributed by atoms with Crippen LogP contribution in [0.5, 0.6) is 5.75 Å². The Kier molecular flexibility index (Phi) is 5.41. The number of ether oxygens (including phenoxy) is 2. The zero-order chi connectivity index (χ0) is 21.5. The molecule has 1 aliphatic rings. The summed E-state index contributed by atoms with van der Waals surface area (Å²) in [6, 6.07) is 15.9. The molecule has 0 radical (unpaired) electrons. The molecular formula is C25H29ClN2O2. The summed E-state index contributed by atoms with van der Waals surface area (Å²) in [6.07, 6.45) is 4.02. The molecule has 0 amide bonds. The van der Waals surface area contributed by atoms with Gasteiger partial charge >= 0.3 is 0 Å². The maximum absolute atomic E-state index is 6.30. The Morgan fingerprint density at radius 3 is 2.27 bits per heavy atom. The van der Waals surface area contributed by atoms with Gasteiger partial charge in [0.2, 0.25) is 0 Å². The molecular weight excluding hydrogens is 396 g/mol. The van der Waals surface area contributed by atoms with Gasteiger partial charge in [-0.05, 0) is 76.9 Å². The topological polar surface area (TPSA) is 36.3 Å². The predicted molar refractivity (Wildman–Crippen MR) is 122 cm³/mol. The Morgan fingerprint density at radius 2 is 1.63 bits per heavy atom. The first-order chi connectivity index (χ1) is 14.2. The minimum atomic E-state index is -0.193. The van der Waals surface area contributed by atoms with Crippen molar-refractivity contribution in [1.82, 2.24) is 9.55 Å². The molecule has 1 fully saturated rings. The Hall–Kier alpha value is -2.30. The summed E-state index contributed by atoms with van der Waals surface area (Å²) in [4.78, 5) is 5.14. The number of para-hydroxylation sites is 1. The normalized spacial score (nSPS) is 18.3. The SMILES string of the molecule is COc1ccccc1-c1nc(C2CC(C)(C)OC(C)(C)C2)cn1-c1ccc(Cl)cc1. The standard InChI is InChI=1S/C25H29ClN2O2/c1-24(2)14-17(15-25(3,4)30-24)21-16-28(19-12-10-18(26)11-13-19)23(27-21)20-8-6-7-9-22(20)29-5/h6-13,16-17H,14-15H2,1-5H3.